The molecule has 8 heteroatoms. The lowest BCUT2D eigenvalue weighted by Crippen LogP contribution is -2.18. The van der Waals surface area contributed by atoms with Crippen molar-refractivity contribution in [3.63, 3.8) is 0 Å². The van der Waals surface area contributed by atoms with Crippen LogP contribution in [0.2, 0.25) is 0 Å². The Balaban J connectivity index is 1.39. The van der Waals surface area contributed by atoms with Gasteiger partial charge in [0.2, 0.25) is 0 Å². The SMILES string of the molecule is O=C(Oc1ccc(/C=N\NS(=O)(=O)c2ccc3ccccc3c2)cc1)c1ccc(Br)cc1. The van der Waals surface area contributed by atoms with E-state index >= 15 is 0 Å². The van der Waals surface area contributed by atoms with E-state index in [1.165, 1.54) is 12.3 Å². The second kappa shape index (κ2) is 9.33. The summed E-state index contributed by atoms with van der Waals surface area (Å²) in [5.74, 6) is -0.103. The predicted octanol–water partition coefficient (Wildman–Crippen LogP) is 5.13. The van der Waals surface area contributed by atoms with E-state index in [0.29, 0.717) is 16.9 Å². The highest BCUT2D eigenvalue weighted by molar-refractivity contribution is 9.10. The van der Waals surface area contributed by atoms with E-state index in [1.54, 1.807) is 60.7 Å². The van der Waals surface area contributed by atoms with Crippen molar-refractivity contribution in [1.29, 1.82) is 0 Å². The molecule has 0 aliphatic rings. The normalized spacial score (nSPS) is 11.5. The minimum absolute atomic E-state index is 0.128. The van der Waals surface area contributed by atoms with Crippen molar-refractivity contribution in [2.45, 2.75) is 4.90 Å². The first kappa shape index (κ1) is 21.7. The van der Waals surface area contributed by atoms with Gasteiger partial charge >= 0.3 is 5.97 Å². The molecule has 0 saturated heterocycles. The van der Waals surface area contributed by atoms with Crippen LogP contribution in [0.1, 0.15) is 15.9 Å². The highest BCUT2D eigenvalue weighted by Crippen LogP contribution is 2.19. The van der Waals surface area contributed by atoms with E-state index in [0.717, 1.165) is 15.2 Å². The Kier molecular flexibility index (Phi) is 6.34. The minimum atomic E-state index is -3.80. The molecule has 0 bridgehead atoms. The Bertz CT molecular complexity index is 1400. The van der Waals surface area contributed by atoms with Gasteiger partial charge in [-0.05, 0) is 77.0 Å². The highest BCUT2D eigenvalue weighted by Gasteiger charge is 2.13. The van der Waals surface area contributed by atoms with Crippen LogP contribution in [0.15, 0.2) is 105 Å². The van der Waals surface area contributed by atoms with Crippen LogP contribution in [-0.4, -0.2) is 20.6 Å². The standard InChI is InChI=1S/C24H17BrN2O4S/c25-21-10-7-19(8-11-21)24(28)31-22-12-5-17(6-13-22)16-26-27-32(29,30)23-14-9-18-3-1-2-4-20(18)15-23/h1-16,27H/b26-16-. The van der Waals surface area contributed by atoms with Crippen molar-refractivity contribution in [1.82, 2.24) is 4.83 Å². The van der Waals surface area contributed by atoms with Gasteiger partial charge in [-0.2, -0.15) is 13.5 Å². The number of fused-ring (bicyclic) bond motifs is 1. The van der Waals surface area contributed by atoms with Gasteiger partial charge in [0, 0.05) is 4.47 Å². The number of carbonyl (C=O) groups is 1. The summed E-state index contributed by atoms with van der Waals surface area (Å²) in [5, 5.41) is 5.62. The molecule has 4 aromatic rings. The number of nitrogens with zero attached hydrogens (tertiary/aromatic N) is 1. The topological polar surface area (TPSA) is 84.8 Å². The Hall–Kier alpha value is -3.49. The third-order valence-corrected chi connectivity index (χ3v) is 6.34. The number of benzene rings is 4. The fraction of sp³-hybridized carbons (Fsp3) is 0. The van der Waals surface area contributed by atoms with Gasteiger partial charge in [-0.15, -0.1) is 0 Å². The van der Waals surface area contributed by atoms with Gasteiger partial charge in [-0.3, -0.25) is 0 Å². The van der Waals surface area contributed by atoms with E-state index in [9.17, 15) is 13.2 Å². The van der Waals surface area contributed by atoms with Crippen molar-refractivity contribution in [2.24, 2.45) is 5.10 Å². The molecule has 6 nitrogen and oxygen atoms in total. The lowest BCUT2D eigenvalue weighted by molar-refractivity contribution is 0.0734. The molecule has 0 aromatic heterocycles. The number of nitrogens with one attached hydrogen (secondary N) is 1. The lowest BCUT2D eigenvalue weighted by Gasteiger charge is -2.06. The summed E-state index contributed by atoms with van der Waals surface area (Å²) >= 11 is 3.32. The maximum atomic E-state index is 12.5. The molecule has 0 atom stereocenters. The number of rotatable bonds is 6. The number of carbonyl (C=O) groups excluding carboxylic acids is 1. The number of sulfonamides is 1. The van der Waals surface area contributed by atoms with Gasteiger partial charge < -0.3 is 4.74 Å². The molecule has 4 rings (SSSR count). The molecule has 1 N–H and O–H groups in total. The van der Waals surface area contributed by atoms with Gasteiger partial charge in [0.25, 0.3) is 10.0 Å². The molecular formula is C24H17BrN2O4S. The van der Waals surface area contributed by atoms with Crippen molar-refractivity contribution in [3.8, 4) is 5.75 Å². The second-order valence-corrected chi connectivity index (χ2v) is 9.40. The van der Waals surface area contributed by atoms with Gasteiger partial charge in [-0.1, -0.05) is 46.3 Å². The Labute approximate surface area is 193 Å². The van der Waals surface area contributed by atoms with E-state index < -0.39 is 16.0 Å². The smallest absolute Gasteiger partial charge is 0.343 e. The molecule has 0 radical (unpaired) electrons. The Morgan fingerprint density at radius 2 is 1.56 bits per heavy atom. The number of hydrazone groups is 1. The molecule has 0 aliphatic heterocycles. The predicted molar refractivity (Wildman–Crippen MR) is 127 cm³/mol. The van der Waals surface area contributed by atoms with Crippen molar-refractivity contribution in [3.05, 3.63) is 107 Å². The summed E-state index contributed by atoms with van der Waals surface area (Å²) in [7, 11) is -3.80. The molecule has 160 valence electrons. The molecule has 0 saturated carbocycles. The Morgan fingerprint density at radius 3 is 2.28 bits per heavy atom. The first-order chi connectivity index (χ1) is 15.4. The molecule has 0 heterocycles. The van der Waals surface area contributed by atoms with E-state index in [1.807, 2.05) is 24.3 Å². The molecule has 4 aromatic carbocycles. The van der Waals surface area contributed by atoms with Crippen LogP contribution < -0.4 is 9.57 Å². The zero-order valence-corrected chi connectivity index (χ0v) is 19.0. The third-order valence-electron chi connectivity index (χ3n) is 4.59. The van der Waals surface area contributed by atoms with Crippen molar-refractivity contribution in [2.75, 3.05) is 0 Å². The average molecular weight is 509 g/mol. The van der Waals surface area contributed by atoms with Gasteiger partial charge in [0.15, 0.2) is 0 Å². The van der Waals surface area contributed by atoms with Gasteiger partial charge in [-0.25, -0.2) is 9.63 Å². The number of ether oxygens (including phenoxy) is 1. The fourth-order valence-electron chi connectivity index (χ4n) is 2.93. The average Bonchev–Trinajstić information content (AvgIpc) is 2.80. The van der Waals surface area contributed by atoms with Gasteiger partial charge in [0.05, 0.1) is 16.7 Å². The van der Waals surface area contributed by atoms with Crippen LogP contribution in [0, 0.1) is 0 Å². The summed E-state index contributed by atoms with van der Waals surface area (Å²) in [5.41, 5.74) is 1.07. The third kappa shape index (κ3) is 5.22. The summed E-state index contributed by atoms with van der Waals surface area (Å²) in [6.07, 6.45) is 1.37. The fourth-order valence-corrected chi connectivity index (χ4v) is 4.02. The largest absolute Gasteiger partial charge is 0.423 e. The molecule has 0 spiro atoms. The summed E-state index contributed by atoms with van der Waals surface area (Å²) < 4.78 is 31.2. The zero-order valence-electron chi connectivity index (χ0n) is 16.6. The van der Waals surface area contributed by atoms with Crippen LogP contribution in [0.25, 0.3) is 10.8 Å². The monoisotopic (exact) mass is 508 g/mol. The first-order valence-corrected chi connectivity index (χ1v) is 11.8. The Morgan fingerprint density at radius 1 is 0.875 bits per heavy atom. The van der Waals surface area contributed by atoms with Crippen molar-refractivity contribution < 1.29 is 17.9 Å². The summed E-state index contributed by atoms with van der Waals surface area (Å²) in [4.78, 5) is 14.5. The summed E-state index contributed by atoms with van der Waals surface area (Å²) in [6.45, 7) is 0. The van der Waals surface area contributed by atoms with Crippen molar-refractivity contribution >= 4 is 48.9 Å². The van der Waals surface area contributed by atoms with Crippen LogP contribution in [0.3, 0.4) is 0 Å². The number of halogens is 1. The number of esters is 1. The van der Waals surface area contributed by atoms with E-state index in [-0.39, 0.29) is 4.90 Å². The van der Waals surface area contributed by atoms with Crippen LogP contribution in [0.5, 0.6) is 5.75 Å². The molecule has 0 unspecified atom stereocenters. The molecule has 0 fully saturated rings. The maximum Gasteiger partial charge on any atom is 0.343 e. The minimum Gasteiger partial charge on any atom is -0.423 e. The number of hydrogen-bond acceptors (Lipinski definition) is 5. The summed E-state index contributed by atoms with van der Waals surface area (Å²) in [6, 6.07) is 25.8. The molecule has 0 amide bonds. The van der Waals surface area contributed by atoms with E-state index in [4.69, 9.17) is 4.74 Å². The molecular weight excluding hydrogens is 492 g/mol. The number of hydrogen-bond donors (Lipinski definition) is 1. The van der Waals surface area contributed by atoms with Crippen LogP contribution in [-0.2, 0) is 10.0 Å². The van der Waals surface area contributed by atoms with Crippen LogP contribution >= 0.6 is 15.9 Å². The quantitative estimate of drug-likeness (QED) is 0.169. The van der Waals surface area contributed by atoms with Crippen LogP contribution in [0.4, 0.5) is 0 Å². The molecule has 32 heavy (non-hydrogen) atoms. The first-order valence-electron chi connectivity index (χ1n) is 9.52. The zero-order chi connectivity index (χ0) is 22.6. The lowest BCUT2D eigenvalue weighted by atomic mass is 10.1. The molecule has 0 aliphatic carbocycles. The van der Waals surface area contributed by atoms with Gasteiger partial charge in [0.1, 0.15) is 5.75 Å². The van der Waals surface area contributed by atoms with E-state index in [2.05, 4.69) is 25.9 Å². The second-order valence-electron chi connectivity index (χ2n) is 6.83. The maximum absolute atomic E-state index is 12.5. The highest BCUT2D eigenvalue weighted by atomic mass is 79.9.